The maximum Gasteiger partial charge on any atom is 0.325 e. The van der Waals surface area contributed by atoms with Gasteiger partial charge in [0.1, 0.15) is 6.54 Å². The van der Waals surface area contributed by atoms with Crippen molar-refractivity contribution >= 4 is 21.7 Å². The Bertz CT molecular complexity index is 831. The van der Waals surface area contributed by atoms with Crippen LogP contribution in [-0.2, 0) is 25.1 Å². The predicted octanol–water partition coefficient (Wildman–Crippen LogP) is 1.56. The number of ether oxygens (including phenoxy) is 1. The highest BCUT2D eigenvalue weighted by molar-refractivity contribution is 7.90. The summed E-state index contributed by atoms with van der Waals surface area (Å²) in [6.45, 7) is -0.281. The van der Waals surface area contributed by atoms with Crippen molar-refractivity contribution in [3.63, 3.8) is 0 Å². The van der Waals surface area contributed by atoms with Gasteiger partial charge in [-0.15, -0.1) is 0 Å². The average Bonchev–Trinajstić information content (AvgIpc) is 2.60. The summed E-state index contributed by atoms with van der Waals surface area (Å²) >= 11 is 0. The molecule has 0 heterocycles. The molecular weight excluding hydrogens is 330 g/mol. The standard InChI is InChI=1S/C17H17NO5S/c1-23-16(19)11-18-17(20)14-8-5-9-15(10-14)24(21,22)12-13-6-3-2-4-7-13/h2-10H,11-12H2,1H3,(H,18,20). The van der Waals surface area contributed by atoms with Crippen molar-refractivity contribution in [2.45, 2.75) is 10.6 Å². The Morgan fingerprint density at radius 3 is 2.42 bits per heavy atom. The summed E-state index contributed by atoms with van der Waals surface area (Å²) in [5.41, 5.74) is 0.825. The van der Waals surface area contributed by atoms with Gasteiger partial charge < -0.3 is 10.1 Å². The molecule has 24 heavy (non-hydrogen) atoms. The van der Waals surface area contributed by atoms with Gasteiger partial charge in [0.25, 0.3) is 5.91 Å². The first-order chi connectivity index (χ1) is 11.4. The average molecular weight is 347 g/mol. The second kappa shape index (κ2) is 7.74. The number of amides is 1. The molecule has 0 aliphatic carbocycles. The van der Waals surface area contributed by atoms with Crippen molar-refractivity contribution in [2.75, 3.05) is 13.7 Å². The number of nitrogens with one attached hydrogen (secondary N) is 1. The van der Waals surface area contributed by atoms with Crippen molar-refractivity contribution in [1.29, 1.82) is 0 Å². The second-order valence-corrected chi connectivity index (χ2v) is 7.02. The van der Waals surface area contributed by atoms with Crippen molar-refractivity contribution < 1.29 is 22.7 Å². The van der Waals surface area contributed by atoms with E-state index in [0.29, 0.717) is 5.56 Å². The molecule has 0 atom stereocenters. The molecule has 0 saturated carbocycles. The molecule has 2 aromatic carbocycles. The van der Waals surface area contributed by atoms with Crippen LogP contribution < -0.4 is 5.32 Å². The van der Waals surface area contributed by atoms with Gasteiger partial charge in [-0.05, 0) is 23.8 Å². The fraction of sp³-hybridized carbons (Fsp3) is 0.176. The summed E-state index contributed by atoms with van der Waals surface area (Å²) in [5.74, 6) is -1.28. The van der Waals surface area contributed by atoms with E-state index in [2.05, 4.69) is 10.1 Å². The number of carbonyl (C=O) groups is 2. The Labute approximate surface area is 140 Å². The number of benzene rings is 2. The largest absolute Gasteiger partial charge is 0.468 e. The van der Waals surface area contributed by atoms with Crippen LogP contribution in [0.15, 0.2) is 59.5 Å². The first-order valence-corrected chi connectivity index (χ1v) is 8.79. The number of sulfone groups is 1. The van der Waals surface area contributed by atoms with E-state index >= 15 is 0 Å². The number of hydrogen-bond acceptors (Lipinski definition) is 5. The number of esters is 1. The minimum absolute atomic E-state index is 0.0528. The zero-order valence-electron chi connectivity index (χ0n) is 13.1. The zero-order valence-corrected chi connectivity index (χ0v) is 13.9. The lowest BCUT2D eigenvalue weighted by Gasteiger charge is -2.08. The molecule has 0 spiro atoms. The normalized spacial score (nSPS) is 10.9. The van der Waals surface area contributed by atoms with Crippen LogP contribution in [0.3, 0.4) is 0 Å². The molecule has 0 saturated heterocycles. The van der Waals surface area contributed by atoms with Crippen LogP contribution in [0.25, 0.3) is 0 Å². The zero-order chi connectivity index (χ0) is 17.6. The van der Waals surface area contributed by atoms with Crippen LogP contribution in [0, 0.1) is 0 Å². The SMILES string of the molecule is COC(=O)CNC(=O)c1cccc(S(=O)(=O)Cc2ccccc2)c1. The van der Waals surface area contributed by atoms with Crippen LogP contribution in [-0.4, -0.2) is 33.9 Å². The molecule has 1 N–H and O–H groups in total. The van der Waals surface area contributed by atoms with Crippen molar-refractivity contribution in [1.82, 2.24) is 5.32 Å². The first kappa shape index (κ1) is 17.7. The van der Waals surface area contributed by atoms with E-state index in [1.54, 1.807) is 24.3 Å². The van der Waals surface area contributed by atoms with Crippen molar-refractivity contribution in [2.24, 2.45) is 0 Å². The lowest BCUT2D eigenvalue weighted by atomic mass is 10.2. The molecule has 2 aromatic rings. The van der Waals surface area contributed by atoms with Crippen LogP contribution in [0.2, 0.25) is 0 Å². The molecule has 0 fully saturated rings. The van der Waals surface area contributed by atoms with E-state index in [1.165, 1.54) is 31.4 Å². The Balaban J connectivity index is 2.17. The third-order valence-electron chi connectivity index (χ3n) is 3.28. The topological polar surface area (TPSA) is 89.5 Å². The Morgan fingerprint density at radius 2 is 1.75 bits per heavy atom. The fourth-order valence-corrected chi connectivity index (χ4v) is 3.42. The Hall–Kier alpha value is -2.67. The first-order valence-electron chi connectivity index (χ1n) is 7.14. The van der Waals surface area contributed by atoms with Crippen LogP contribution >= 0.6 is 0 Å². The second-order valence-electron chi connectivity index (χ2n) is 5.03. The van der Waals surface area contributed by atoms with Crippen molar-refractivity contribution in [3.05, 3.63) is 65.7 Å². The fourth-order valence-electron chi connectivity index (χ4n) is 2.03. The van der Waals surface area contributed by atoms with E-state index in [1.807, 2.05) is 6.07 Å². The van der Waals surface area contributed by atoms with Gasteiger partial charge in [0.2, 0.25) is 0 Å². The highest BCUT2D eigenvalue weighted by Gasteiger charge is 2.17. The highest BCUT2D eigenvalue weighted by atomic mass is 32.2. The number of methoxy groups -OCH3 is 1. The maximum atomic E-state index is 12.5. The van der Waals surface area contributed by atoms with Gasteiger partial charge in [-0.1, -0.05) is 36.4 Å². The van der Waals surface area contributed by atoms with Gasteiger partial charge in [-0.2, -0.15) is 0 Å². The van der Waals surface area contributed by atoms with E-state index in [-0.39, 0.29) is 22.8 Å². The van der Waals surface area contributed by atoms with Crippen LogP contribution in [0.5, 0.6) is 0 Å². The molecule has 7 heteroatoms. The Kier molecular flexibility index (Phi) is 5.70. The number of hydrogen-bond donors (Lipinski definition) is 1. The smallest absolute Gasteiger partial charge is 0.325 e. The lowest BCUT2D eigenvalue weighted by molar-refractivity contribution is -0.139. The van der Waals surface area contributed by atoms with Gasteiger partial charge in [-0.3, -0.25) is 9.59 Å². The van der Waals surface area contributed by atoms with Crippen LogP contribution in [0.4, 0.5) is 0 Å². The van der Waals surface area contributed by atoms with Gasteiger partial charge in [0, 0.05) is 5.56 Å². The molecule has 6 nitrogen and oxygen atoms in total. The van der Waals surface area contributed by atoms with Gasteiger partial charge in [0.05, 0.1) is 17.8 Å². The molecule has 1 amide bonds. The van der Waals surface area contributed by atoms with Gasteiger partial charge in [-0.25, -0.2) is 8.42 Å². The molecule has 0 unspecified atom stereocenters. The van der Waals surface area contributed by atoms with Gasteiger partial charge in [0.15, 0.2) is 9.84 Å². The summed E-state index contributed by atoms with van der Waals surface area (Å²) in [4.78, 5) is 23.1. The summed E-state index contributed by atoms with van der Waals surface area (Å²) in [6, 6.07) is 14.5. The van der Waals surface area contributed by atoms with Crippen LogP contribution in [0.1, 0.15) is 15.9 Å². The molecular formula is C17H17NO5S. The van der Waals surface area contributed by atoms with E-state index in [0.717, 1.165) is 0 Å². The number of rotatable bonds is 6. The maximum absolute atomic E-state index is 12.5. The summed E-state index contributed by atoms with van der Waals surface area (Å²) in [7, 11) is -2.36. The molecule has 0 bridgehead atoms. The highest BCUT2D eigenvalue weighted by Crippen LogP contribution is 2.17. The monoisotopic (exact) mass is 347 g/mol. The molecule has 0 aliphatic rings. The van der Waals surface area contributed by atoms with E-state index < -0.39 is 21.7 Å². The van der Waals surface area contributed by atoms with Crippen molar-refractivity contribution in [3.8, 4) is 0 Å². The number of carbonyl (C=O) groups excluding carboxylic acids is 2. The third kappa shape index (κ3) is 4.66. The summed E-state index contributed by atoms with van der Waals surface area (Å²) in [6.07, 6.45) is 0. The van der Waals surface area contributed by atoms with Gasteiger partial charge >= 0.3 is 5.97 Å². The van der Waals surface area contributed by atoms with E-state index in [9.17, 15) is 18.0 Å². The third-order valence-corrected chi connectivity index (χ3v) is 4.96. The quantitative estimate of drug-likeness (QED) is 0.801. The molecule has 0 aromatic heterocycles. The molecule has 0 radical (unpaired) electrons. The minimum atomic E-state index is -3.58. The molecule has 126 valence electrons. The Morgan fingerprint density at radius 1 is 1.04 bits per heavy atom. The molecule has 0 aliphatic heterocycles. The lowest BCUT2D eigenvalue weighted by Crippen LogP contribution is -2.30. The molecule has 2 rings (SSSR count). The minimum Gasteiger partial charge on any atom is -0.468 e. The predicted molar refractivity (Wildman–Crippen MR) is 88.1 cm³/mol. The van der Waals surface area contributed by atoms with E-state index in [4.69, 9.17) is 0 Å². The summed E-state index contributed by atoms with van der Waals surface area (Å²) in [5, 5.41) is 2.37. The summed E-state index contributed by atoms with van der Waals surface area (Å²) < 4.78 is 29.4.